The van der Waals surface area contributed by atoms with Crippen molar-refractivity contribution in [3.63, 3.8) is 0 Å². The Hall–Kier alpha value is -2.93. The molecule has 0 saturated carbocycles. The Labute approximate surface area is 174 Å². The summed E-state index contributed by atoms with van der Waals surface area (Å²) in [6.07, 6.45) is -1.05. The lowest BCUT2D eigenvalue weighted by Gasteiger charge is -2.16. The molecule has 0 aliphatic rings. The summed E-state index contributed by atoms with van der Waals surface area (Å²) in [5, 5.41) is 3.08. The summed E-state index contributed by atoms with van der Waals surface area (Å²) in [6.45, 7) is 6.04. The maximum Gasteiger partial charge on any atom is 0.339 e. The highest BCUT2D eigenvalue weighted by Gasteiger charge is 2.21. The van der Waals surface area contributed by atoms with Crippen molar-refractivity contribution in [1.29, 1.82) is 0 Å². The molecule has 0 heterocycles. The molecule has 0 bridgehead atoms. The molecule has 2 aromatic rings. The van der Waals surface area contributed by atoms with Crippen LogP contribution in [-0.4, -0.2) is 38.3 Å². The van der Waals surface area contributed by atoms with Gasteiger partial charge in [-0.1, -0.05) is 11.6 Å². The number of halogens is 1. The van der Waals surface area contributed by atoms with E-state index in [0.717, 1.165) is 0 Å². The second-order valence-electron chi connectivity index (χ2n) is 5.91. The van der Waals surface area contributed by atoms with Crippen LogP contribution in [-0.2, 0) is 9.53 Å². The highest BCUT2D eigenvalue weighted by atomic mass is 35.5. The van der Waals surface area contributed by atoms with E-state index in [1.54, 1.807) is 30.3 Å². The van der Waals surface area contributed by atoms with Gasteiger partial charge in [-0.2, -0.15) is 0 Å². The van der Waals surface area contributed by atoms with Crippen molar-refractivity contribution in [2.45, 2.75) is 26.9 Å². The van der Waals surface area contributed by atoms with Crippen LogP contribution < -0.4 is 19.5 Å². The van der Waals surface area contributed by atoms with E-state index in [2.05, 4.69) is 5.32 Å². The zero-order valence-corrected chi connectivity index (χ0v) is 17.5. The molecule has 1 atom stereocenters. The molecule has 156 valence electrons. The predicted molar refractivity (Wildman–Crippen MR) is 110 cm³/mol. The van der Waals surface area contributed by atoms with Crippen molar-refractivity contribution in [1.82, 2.24) is 0 Å². The number of rotatable bonds is 9. The average Bonchev–Trinajstić information content (AvgIpc) is 2.69. The number of ether oxygens (including phenoxy) is 4. The van der Waals surface area contributed by atoms with Crippen molar-refractivity contribution in [3.05, 3.63) is 47.0 Å². The lowest BCUT2D eigenvalue weighted by molar-refractivity contribution is -0.123. The van der Waals surface area contributed by atoms with Gasteiger partial charge in [0.05, 0.1) is 31.6 Å². The van der Waals surface area contributed by atoms with E-state index in [4.69, 9.17) is 30.5 Å². The third-order valence-electron chi connectivity index (χ3n) is 3.85. The highest BCUT2D eigenvalue weighted by molar-refractivity contribution is 6.31. The van der Waals surface area contributed by atoms with E-state index in [0.29, 0.717) is 41.2 Å². The molecule has 2 rings (SSSR count). The fraction of sp³-hybridized carbons (Fsp3) is 0.333. The Morgan fingerprint density at radius 1 is 1.00 bits per heavy atom. The van der Waals surface area contributed by atoms with Crippen LogP contribution in [0.5, 0.6) is 17.2 Å². The molecule has 2 aromatic carbocycles. The number of carbonyl (C=O) groups is 2. The molecular formula is C21H24ClNO6. The standard InChI is InChI=1S/C21H24ClNO6/c1-5-27-18-9-7-14(11-19(18)28-6-2)21(25)29-13(3)20(24)23-16-12-15(22)8-10-17(16)26-4/h7-13H,5-6H2,1-4H3,(H,23,24)/t13-/m0/s1. The fourth-order valence-electron chi connectivity index (χ4n) is 2.47. The van der Waals surface area contributed by atoms with E-state index in [-0.39, 0.29) is 5.56 Å². The van der Waals surface area contributed by atoms with Gasteiger partial charge in [-0.25, -0.2) is 4.79 Å². The van der Waals surface area contributed by atoms with Gasteiger partial charge in [-0.05, 0) is 57.2 Å². The van der Waals surface area contributed by atoms with Gasteiger partial charge in [-0.3, -0.25) is 4.79 Å². The van der Waals surface area contributed by atoms with Crippen molar-refractivity contribution in [2.75, 3.05) is 25.6 Å². The summed E-state index contributed by atoms with van der Waals surface area (Å²) in [4.78, 5) is 24.9. The molecule has 29 heavy (non-hydrogen) atoms. The number of nitrogens with one attached hydrogen (secondary N) is 1. The summed E-state index contributed by atoms with van der Waals surface area (Å²) < 4.78 is 21.5. The zero-order valence-electron chi connectivity index (χ0n) is 16.8. The summed E-state index contributed by atoms with van der Waals surface area (Å²) in [7, 11) is 1.48. The molecule has 0 aliphatic carbocycles. The normalized spacial score (nSPS) is 11.3. The summed E-state index contributed by atoms with van der Waals surface area (Å²) in [5.74, 6) is 0.230. The Balaban J connectivity index is 2.09. The van der Waals surface area contributed by atoms with E-state index >= 15 is 0 Å². The smallest absolute Gasteiger partial charge is 0.339 e. The molecule has 1 N–H and O–H groups in total. The SMILES string of the molecule is CCOc1ccc(C(=O)O[C@@H](C)C(=O)Nc2cc(Cl)ccc2OC)cc1OCC. The van der Waals surface area contributed by atoms with Crippen LogP contribution in [0.4, 0.5) is 5.69 Å². The average molecular weight is 422 g/mol. The fourth-order valence-corrected chi connectivity index (χ4v) is 2.64. The van der Waals surface area contributed by atoms with Gasteiger partial charge in [0.1, 0.15) is 5.75 Å². The summed E-state index contributed by atoms with van der Waals surface area (Å²) in [6, 6.07) is 9.54. The molecule has 7 nitrogen and oxygen atoms in total. The van der Waals surface area contributed by atoms with Crippen LogP contribution in [0, 0.1) is 0 Å². The lowest BCUT2D eigenvalue weighted by Crippen LogP contribution is -2.30. The van der Waals surface area contributed by atoms with Gasteiger partial charge in [0, 0.05) is 5.02 Å². The largest absolute Gasteiger partial charge is 0.495 e. The number of esters is 1. The van der Waals surface area contributed by atoms with E-state index in [1.165, 1.54) is 20.1 Å². The van der Waals surface area contributed by atoms with E-state index in [1.807, 2.05) is 13.8 Å². The minimum absolute atomic E-state index is 0.247. The van der Waals surface area contributed by atoms with Gasteiger partial charge in [0.15, 0.2) is 17.6 Å². The first kappa shape index (κ1) is 22.4. The van der Waals surface area contributed by atoms with Crippen LogP contribution in [0.25, 0.3) is 0 Å². The third kappa shape index (κ3) is 6.02. The highest BCUT2D eigenvalue weighted by Crippen LogP contribution is 2.30. The number of methoxy groups -OCH3 is 1. The molecular weight excluding hydrogens is 398 g/mol. The molecule has 0 fully saturated rings. The molecule has 8 heteroatoms. The number of hydrogen-bond donors (Lipinski definition) is 1. The Morgan fingerprint density at radius 3 is 2.31 bits per heavy atom. The maximum atomic E-state index is 12.5. The number of amides is 1. The number of carbonyl (C=O) groups excluding carboxylic acids is 2. The van der Waals surface area contributed by atoms with Crippen LogP contribution in [0.3, 0.4) is 0 Å². The molecule has 0 unspecified atom stereocenters. The first-order chi connectivity index (χ1) is 13.9. The molecule has 0 aliphatic heterocycles. The minimum atomic E-state index is -1.05. The molecule has 1 amide bonds. The number of anilines is 1. The van der Waals surface area contributed by atoms with Gasteiger partial charge < -0.3 is 24.3 Å². The lowest BCUT2D eigenvalue weighted by atomic mass is 10.2. The second-order valence-corrected chi connectivity index (χ2v) is 6.35. The minimum Gasteiger partial charge on any atom is -0.495 e. The Bertz CT molecular complexity index is 870. The van der Waals surface area contributed by atoms with Crippen LogP contribution in [0.15, 0.2) is 36.4 Å². The van der Waals surface area contributed by atoms with Crippen LogP contribution in [0.2, 0.25) is 5.02 Å². The predicted octanol–water partition coefficient (Wildman–Crippen LogP) is 4.33. The topological polar surface area (TPSA) is 83.1 Å². The molecule has 0 aromatic heterocycles. The van der Waals surface area contributed by atoms with Gasteiger partial charge in [-0.15, -0.1) is 0 Å². The van der Waals surface area contributed by atoms with Gasteiger partial charge >= 0.3 is 5.97 Å². The zero-order chi connectivity index (χ0) is 21.4. The summed E-state index contributed by atoms with van der Waals surface area (Å²) in [5.41, 5.74) is 0.629. The van der Waals surface area contributed by atoms with Crippen molar-refractivity contribution in [3.8, 4) is 17.2 Å². The molecule has 0 spiro atoms. The van der Waals surface area contributed by atoms with Gasteiger partial charge in [0.25, 0.3) is 5.91 Å². The van der Waals surface area contributed by atoms with Crippen molar-refractivity contribution >= 4 is 29.2 Å². The molecule has 0 saturated heterocycles. The Morgan fingerprint density at radius 2 is 1.66 bits per heavy atom. The first-order valence-corrected chi connectivity index (χ1v) is 9.52. The maximum absolute atomic E-state index is 12.5. The van der Waals surface area contributed by atoms with E-state index < -0.39 is 18.0 Å². The molecule has 0 radical (unpaired) electrons. The number of benzene rings is 2. The van der Waals surface area contributed by atoms with E-state index in [9.17, 15) is 9.59 Å². The monoisotopic (exact) mass is 421 g/mol. The van der Waals surface area contributed by atoms with Crippen LogP contribution in [0.1, 0.15) is 31.1 Å². The first-order valence-electron chi connectivity index (χ1n) is 9.14. The van der Waals surface area contributed by atoms with Crippen LogP contribution >= 0.6 is 11.6 Å². The van der Waals surface area contributed by atoms with Gasteiger partial charge in [0.2, 0.25) is 0 Å². The quantitative estimate of drug-likeness (QED) is 0.607. The van der Waals surface area contributed by atoms with Crippen molar-refractivity contribution in [2.24, 2.45) is 0 Å². The number of hydrogen-bond acceptors (Lipinski definition) is 6. The van der Waals surface area contributed by atoms with Crippen molar-refractivity contribution < 1.29 is 28.5 Å². The third-order valence-corrected chi connectivity index (χ3v) is 4.09. The summed E-state index contributed by atoms with van der Waals surface area (Å²) >= 11 is 5.96. The second kappa shape index (κ2) is 10.6. The Kier molecular flexibility index (Phi) is 8.15.